The van der Waals surface area contributed by atoms with Gasteiger partial charge in [0.1, 0.15) is 0 Å². The normalized spacial score (nSPS) is 10.9. The second-order valence-electron chi connectivity index (χ2n) is 6.39. The van der Waals surface area contributed by atoms with E-state index in [1.165, 1.54) is 24.3 Å². The molecule has 32 heavy (non-hydrogen) atoms. The van der Waals surface area contributed by atoms with Gasteiger partial charge in [0, 0.05) is 17.8 Å². The Kier molecular flexibility index (Phi) is 8.74. The van der Waals surface area contributed by atoms with Gasteiger partial charge in [0.25, 0.3) is 5.91 Å². The van der Waals surface area contributed by atoms with Gasteiger partial charge in [-0.15, -0.1) is 0 Å². The summed E-state index contributed by atoms with van der Waals surface area (Å²) >= 11 is 0. The Bertz CT molecular complexity index is 920. The summed E-state index contributed by atoms with van der Waals surface area (Å²) in [5.74, 6) is -1.56. The average Bonchev–Trinajstić information content (AvgIpc) is 2.74. The molecule has 0 atom stereocenters. The molecule has 0 aliphatic rings. The third kappa shape index (κ3) is 6.53. The molecule has 0 aliphatic heterocycles. The Balaban J connectivity index is 2.30. The number of hydrogen-bond acceptors (Lipinski definition) is 5. The Labute approximate surface area is 183 Å². The number of halogens is 3. The van der Waals surface area contributed by atoms with Gasteiger partial charge < -0.3 is 24.8 Å². The van der Waals surface area contributed by atoms with Gasteiger partial charge in [0.05, 0.1) is 19.8 Å². The average molecular weight is 454 g/mol. The van der Waals surface area contributed by atoms with Crippen molar-refractivity contribution in [2.45, 2.75) is 33.5 Å². The largest absolute Gasteiger partial charge is 0.490 e. The summed E-state index contributed by atoms with van der Waals surface area (Å²) in [5.41, 5.74) is 0.763. The zero-order valence-electron chi connectivity index (χ0n) is 18.0. The highest BCUT2D eigenvalue weighted by Crippen LogP contribution is 2.39. The van der Waals surface area contributed by atoms with E-state index in [2.05, 4.69) is 5.32 Å². The molecule has 0 fully saturated rings. The van der Waals surface area contributed by atoms with Gasteiger partial charge >= 0.3 is 12.1 Å². The van der Waals surface area contributed by atoms with Crippen LogP contribution in [0, 0.1) is 0 Å². The van der Waals surface area contributed by atoms with E-state index in [9.17, 15) is 22.8 Å². The highest BCUT2D eigenvalue weighted by molar-refractivity contribution is 6.05. The molecule has 2 N–H and O–H groups in total. The molecule has 2 amide bonds. The number of carbonyl (C=O) groups is 2. The fourth-order valence-corrected chi connectivity index (χ4v) is 2.79. The number of amides is 2. The molecule has 0 aliphatic carbocycles. The van der Waals surface area contributed by atoms with E-state index in [-0.39, 0.29) is 11.3 Å². The minimum Gasteiger partial charge on any atom is -0.490 e. The third-order valence-electron chi connectivity index (χ3n) is 4.13. The fourth-order valence-electron chi connectivity index (χ4n) is 2.79. The molecule has 2 aromatic carbocycles. The van der Waals surface area contributed by atoms with Crippen molar-refractivity contribution in [3.8, 4) is 17.2 Å². The summed E-state index contributed by atoms with van der Waals surface area (Å²) in [4.78, 5) is 24.0. The number of anilines is 1. The number of alkyl halides is 3. The van der Waals surface area contributed by atoms with Crippen molar-refractivity contribution in [1.82, 2.24) is 5.32 Å². The van der Waals surface area contributed by atoms with Crippen LogP contribution in [0.4, 0.5) is 18.9 Å². The first-order valence-electron chi connectivity index (χ1n) is 10.0. The second-order valence-corrected chi connectivity index (χ2v) is 6.39. The van der Waals surface area contributed by atoms with Gasteiger partial charge in [0.2, 0.25) is 5.75 Å². The molecule has 0 unspecified atom stereocenters. The first-order valence-corrected chi connectivity index (χ1v) is 10.0. The molecule has 0 spiro atoms. The maximum Gasteiger partial charge on any atom is 0.471 e. The molecule has 7 nitrogen and oxygen atoms in total. The molecule has 0 bridgehead atoms. The Hall–Kier alpha value is -3.43. The van der Waals surface area contributed by atoms with Crippen LogP contribution in [-0.4, -0.2) is 37.8 Å². The molecular formula is C22H25F3N2O5. The lowest BCUT2D eigenvalue weighted by Gasteiger charge is -2.17. The molecule has 0 saturated heterocycles. The molecule has 0 radical (unpaired) electrons. The van der Waals surface area contributed by atoms with Crippen LogP contribution in [0.3, 0.4) is 0 Å². The number of carbonyl (C=O) groups excluding carboxylic acids is 2. The van der Waals surface area contributed by atoms with Crippen LogP contribution in [-0.2, 0) is 11.3 Å². The van der Waals surface area contributed by atoms with E-state index in [0.29, 0.717) is 42.6 Å². The van der Waals surface area contributed by atoms with E-state index < -0.39 is 24.5 Å². The lowest BCUT2D eigenvalue weighted by molar-refractivity contribution is -0.173. The van der Waals surface area contributed by atoms with Crippen molar-refractivity contribution in [3.63, 3.8) is 0 Å². The number of ether oxygens (including phenoxy) is 3. The zero-order valence-corrected chi connectivity index (χ0v) is 18.0. The summed E-state index contributed by atoms with van der Waals surface area (Å²) in [6, 6.07) is 9.22. The van der Waals surface area contributed by atoms with Crippen LogP contribution in [0.25, 0.3) is 0 Å². The SMILES string of the molecule is CCOc1cc(C(=O)Nc2ccccc2CNC(=O)C(F)(F)F)cc(OCC)c1OCC. The Morgan fingerprint density at radius 3 is 2.00 bits per heavy atom. The third-order valence-corrected chi connectivity index (χ3v) is 4.13. The van der Waals surface area contributed by atoms with Crippen molar-refractivity contribution in [3.05, 3.63) is 47.5 Å². The maximum absolute atomic E-state index is 12.9. The second kappa shape index (κ2) is 11.3. The number of para-hydroxylation sites is 1. The summed E-state index contributed by atoms with van der Waals surface area (Å²) in [6.07, 6.45) is -4.99. The van der Waals surface area contributed by atoms with E-state index >= 15 is 0 Å². The molecule has 10 heteroatoms. The quantitative estimate of drug-likeness (QED) is 0.559. The van der Waals surface area contributed by atoms with Gasteiger partial charge in [-0.1, -0.05) is 18.2 Å². The minimum atomic E-state index is -4.99. The van der Waals surface area contributed by atoms with Crippen molar-refractivity contribution in [2.75, 3.05) is 25.1 Å². The van der Waals surface area contributed by atoms with Crippen LogP contribution < -0.4 is 24.8 Å². The van der Waals surface area contributed by atoms with Gasteiger partial charge in [-0.05, 0) is 44.5 Å². The number of benzene rings is 2. The van der Waals surface area contributed by atoms with Gasteiger partial charge in [0.15, 0.2) is 11.5 Å². The summed E-state index contributed by atoms with van der Waals surface area (Å²) in [5, 5.41) is 4.45. The molecule has 0 heterocycles. The Morgan fingerprint density at radius 1 is 0.906 bits per heavy atom. The first-order chi connectivity index (χ1) is 15.2. The van der Waals surface area contributed by atoms with Crippen LogP contribution in [0.1, 0.15) is 36.7 Å². The molecule has 0 aromatic heterocycles. The lowest BCUT2D eigenvalue weighted by Crippen LogP contribution is -2.36. The number of nitrogens with one attached hydrogen (secondary N) is 2. The van der Waals surface area contributed by atoms with Crippen molar-refractivity contribution in [2.24, 2.45) is 0 Å². The monoisotopic (exact) mass is 454 g/mol. The Morgan fingerprint density at radius 2 is 1.47 bits per heavy atom. The summed E-state index contributed by atoms with van der Waals surface area (Å²) in [7, 11) is 0. The van der Waals surface area contributed by atoms with Crippen molar-refractivity contribution >= 4 is 17.5 Å². The standard InChI is InChI=1S/C22H25F3N2O5/c1-4-30-17-11-15(12-18(31-5-2)19(17)32-6-3)20(28)27-16-10-8-7-9-14(16)13-26-21(29)22(23,24)25/h7-12H,4-6,13H2,1-3H3,(H,26,29)(H,27,28). The topological polar surface area (TPSA) is 85.9 Å². The van der Waals surface area contributed by atoms with Crippen LogP contribution in [0.2, 0.25) is 0 Å². The van der Waals surface area contributed by atoms with Gasteiger partial charge in [-0.2, -0.15) is 13.2 Å². The number of rotatable bonds is 10. The van der Waals surface area contributed by atoms with Crippen LogP contribution >= 0.6 is 0 Å². The van der Waals surface area contributed by atoms with Crippen molar-refractivity contribution in [1.29, 1.82) is 0 Å². The number of hydrogen-bond donors (Lipinski definition) is 2. The highest BCUT2D eigenvalue weighted by atomic mass is 19.4. The molecule has 2 rings (SSSR count). The van der Waals surface area contributed by atoms with E-state index in [4.69, 9.17) is 14.2 Å². The van der Waals surface area contributed by atoms with Crippen LogP contribution in [0.15, 0.2) is 36.4 Å². The zero-order chi connectivity index (χ0) is 23.7. The smallest absolute Gasteiger partial charge is 0.471 e. The minimum absolute atomic E-state index is 0.203. The highest BCUT2D eigenvalue weighted by Gasteiger charge is 2.38. The fraction of sp³-hybridized carbons (Fsp3) is 0.364. The van der Waals surface area contributed by atoms with E-state index in [1.807, 2.05) is 0 Å². The predicted molar refractivity (Wildman–Crippen MR) is 112 cm³/mol. The van der Waals surface area contributed by atoms with Crippen molar-refractivity contribution < 1.29 is 37.0 Å². The summed E-state index contributed by atoms with van der Waals surface area (Å²) < 4.78 is 54.2. The first kappa shape index (κ1) is 24.8. The summed E-state index contributed by atoms with van der Waals surface area (Å²) in [6.45, 7) is 6.00. The molecule has 2 aromatic rings. The van der Waals surface area contributed by atoms with Gasteiger partial charge in [-0.25, -0.2) is 0 Å². The van der Waals surface area contributed by atoms with E-state index in [0.717, 1.165) is 0 Å². The lowest BCUT2D eigenvalue weighted by atomic mass is 10.1. The van der Waals surface area contributed by atoms with Crippen LogP contribution in [0.5, 0.6) is 17.2 Å². The van der Waals surface area contributed by atoms with E-state index in [1.54, 1.807) is 38.2 Å². The molecule has 0 saturated carbocycles. The molecule has 174 valence electrons. The molecular weight excluding hydrogens is 429 g/mol. The predicted octanol–water partition coefficient (Wildman–Crippen LogP) is 4.31. The van der Waals surface area contributed by atoms with Gasteiger partial charge in [-0.3, -0.25) is 9.59 Å². The maximum atomic E-state index is 12.9.